The number of carbonyl (C=O) groups is 2. The molecule has 10 atom stereocenters. The fraction of sp³-hybridized carbons (Fsp3) is 0.941. The third-order valence-electron chi connectivity index (χ3n) is 13.7. The van der Waals surface area contributed by atoms with Gasteiger partial charge in [-0.1, -0.05) is 20.3 Å². The number of quaternary nitrogens is 1. The Morgan fingerprint density at radius 1 is 0.800 bits per heavy atom. The zero-order valence-corrected chi connectivity index (χ0v) is 26.2. The summed E-state index contributed by atoms with van der Waals surface area (Å²) in [6, 6.07) is 0.796. The molecular formula is C34H57N2O4+. The highest BCUT2D eigenvalue weighted by molar-refractivity contribution is 5.66. The van der Waals surface area contributed by atoms with Gasteiger partial charge in [-0.2, -0.15) is 0 Å². The molecule has 6 aliphatic rings. The largest absolute Gasteiger partial charge is 0.461 e. The van der Waals surface area contributed by atoms with Crippen LogP contribution in [-0.4, -0.2) is 78.8 Å². The molecule has 0 aromatic carbocycles. The van der Waals surface area contributed by atoms with Crippen molar-refractivity contribution in [2.24, 2.45) is 34.5 Å². The lowest BCUT2D eigenvalue weighted by Crippen LogP contribution is -2.61. The van der Waals surface area contributed by atoms with E-state index in [9.17, 15) is 9.59 Å². The first-order valence-corrected chi connectivity index (χ1v) is 17.0. The van der Waals surface area contributed by atoms with Gasteiger partial charge < -0.3 is 14.0 Å². The van der Waals surface area contributed by atoms with Gasteiger partial charge in [0.15, 0.2) is 6.10 Å². The van der Waals surface area contributed by atoms with E-state index in [1.807, 2.05) is 0 Å². The number of hydrogen-bond donors (Lipinski definition) is 0. The highest BCUT2D eigenvalue weighted by Crippen LogP contribution is 2.67. The maximum Gasteiger partial charge on any atom is 0.303 e. The number of hydrogen-bond acceptors (Lipinski definition) is 5. The molecule has 0 aromatic rings. The van der Waals surface area contributed by atoms with E-state index in [0.29, 0.717) is 35.3 Å². The predicted octanol–water partition coefficient (Wildman–Crippen LogP) is 5.97. The van der Waals surface area contributed by atoms with Crippen LogP contribution < -0.4 is 0 Å². The highest BCUT2D eigenvalue weighted by atomic mass is 16.5. The minimum atomic E-state index is -0.111. The Morgan fingerprint density at radius 3 is 2.15 bits per heavy atom. The molecule has 6 fully saturated rings. The summed E-state index contributed by atoms with van der Waals surface area (Å²) in [7, 11) is 2.47. The lowest BCUT2D eigenvalue weighted by molar-refractivity contribution is -0.940. The van der Waals surface area contributed by atoms with Crippen molar-refractivity contribution >= 4 is 11.9 Å². The van der Waals surface area contributed by atoms with Gasteiger partial charge in [0.1, 0.15) is 12.1 Å². The molecule has 2 aliphatic heterocycles. The third-order valence-corrected chi connectivity index (χ3v) is 13.7. The van der Waals surface area contributed by atoms with Crippen LogP contribution >= 0.6 is 0 Å². The van der Waals surface area contributed by atoms with Crippen molar-refractivity contribution in [3.05, 3.63) is 0 Å². The minimum absolute atomic E-state index is 0.0466. The van der Waals surface area contributed by atoms with Crippen LogP contribution in [0.25, 0.3) is 0 Å². The number of carbonyl (C=O) groups excluding carboxylic acids is 2. The highest BCUT2D eigenvalue weighted by Gasteiger charge is 2.67. The molecule has 226 valence electrons. The number of rotatable bonds is 4. The van der Waals surface area contributed by atoms with Gasteiger partial charge in [-0.25, -0.2) is 0 Å². The van der Waals surface area contributed by atoms with E-state index in [1.165, 1.54) is 90.1 Å². The second-order valence-electron chi connectivity index (χ2n) is 15.8. The summed E-state index contributed by atoms with van der Waals surface area (Å²) in [5, 5.41) is 0. The third kappa shape index (κ3) is 4.85. The van der Waals surface area contributed by atoms with Crippen LogP contribution in [0.5, 0.6) is 0 Å². The monoisotopic (exact) mass is 557 g/mol. The molecule has 0 bridgehead atoms. The standard InChI is InChI=1S/C34H57N2O4/c1-23(37)39-31-20-25-12-13-26-27(34(25,4)22-29(31)35-16-8-6-9-17-35)14-15-33(3)28(26)21-30(32(33)40-24(2)38)36(5)18-10-7-11-19-36/h25-32H,6-22H2,1-5H3/q+1/t25-,26-,27-,28-,29-,30-,31-,32-,33-,34-/m0/s1. The number of ether oxygens (including phenoxy) is 2. The van der Waals surface area contributed by atoms with Crippen LogP contribution in [0.1, 0.15) is 111 Å². The molecule has 0 radical (unpaired) electrons. The average Bonchev–Trinajstić information content (AvgIpc) is 3.21. The summed E-state index contributed by atoms with van der Waals surface area (Å²) in [5.41, 5.74) is 0.377. The molecule has 6 rings (SSSR count). The van der Waals surface area contributed by atoms with Crippen molar-refractivity contribution in [1.82, 2.24) is 4.90 Å². The van der Waals surface area contributed by atoms with Crippen molar-refractivity contribution < 1.29 is 23.5 Å². The van der Waals surface area contributed by atoms with E-state index in [4.69, 9.17) is 9.47 Å². The van der Waals surface area contributed by atoms with Gasteiger partial charge in [0.05, 0.1) is 20.1 Å². The van der Waals surface area contributed by atoms with Crippen LogP contribution in [0.2, 0.25) is 0 Å². The maximum atomic E-state index is 12.5. The molecule has 4 saturated carbocycles. The number of piperidine rings is 2. The summed E-state index contributed by atoms with van der Waals surface area (Å²) in [6.45, 7) is 13.1. The molecular weight excluding hydrogens is 500 g/mol. The van der Waals surface area contributed by atoms with Crippen LogP contribution in [0, 0.1) is 34.5 Å². The smallest absolute Gasteiger partial charge is 0.303 e. The quantitative estimate of drug-likeness (QED) is 0.315. The molecule has 0 N–H and O–H groups in total. The summed E-state index contributed by atoms with van der Waals surface area (Å²) < 4.78 is 13.5. The van der Waals surface area contributed by atoms with Gasteiger partial charge in [-0.15, -0.1) is 0 Å². The Kier molecular flexibility index (Phi) is 7.85. The van der Waals surface area contributed by atoms with Crippen molar-refractivity contribution in [3.63, 3.8) is 0 Å². The topological polar surface area (TPSA) is 55.8 Å². The lowest BCUT2D eigenvalue weighted by atomic mass is 9.44. The second kappa shape index (κ2) is 10.8. The summed E-state index contributed by atoms with van der Waals surface area (Å²) in [6.07, 6.45) is 16.3. The van der Waals surface area contributed by atoms with E-state index in [2.05, 4.69) is 25.8 Å². The van der Waals surface area contributed by atoms with E-state index in [1.54, 1.807) is 13.8 Å². The van der Waals surface area contributed by atoms with Gasteiger partial charge in [-0.05, 0) is 113 Å². The van der Waals surface area contributed by atoms with Gasteiger partial charge in [0, 0.05) is 31.7 Å². The predicted molar refractivity (Wildman–Crippen MR) is 156 cm³/mol. The first kappa shape index (κ1) is 29.0. The fourth-order valence-corrected chi connectivity index (χ4v) is 11.7. The Bertz CT molecular complexity index is 958. The second-order valence-corrected chi connectivity index (χ2v) is 15.8. The fourth-order valence-electron chi connectivity index (χ4n) is 11.7. The number of esters is 2. The molecule has 6 nitrogen and oxygen atoms in total. The molecule has 4 aliphatic carbocycles. The Labute approximate surface area is 243 Å². The number of nitrogens with zero attached hydrogens (tertiary/aromatic N) is 2. The molecule has 2 heterocycles. The molecule has 0 amide bonds. The first-order valence-electron chi connectivity index (χ1n) is 17.0. The number of fused-ring (bicyclic) bond motifs is 5. The van der Waals surface area contributed by atoms with Gasteiger partial charge in [0.25, 0.3) is 0 Å². The number of likely N-dealkylation sites (tertiary alicyclic amines) is 2. The Hall–Kier alpha value is -1.14. The van der Waals surface area contributed by atoms with Crippen molar-refractivity contribution in [3.8, 4) is 0 Å². The van der Waals surface area contributed by atoms with Crippen LogP contribution in [0.3, 0.4) is 0 Å². The van der Waals surface area contributed by atoms with Crippen LogP contribution in [0.15, 0.2) is 0 Å². The summed E-state index contributed by atoms with van der Waals surface area (Å²) in [5.74, 6) is 2.50. The lowest BCUT2D eigenvalue weighted by Gasteiger charge is -2.62. The Balaban J connectivity index is 1.29. The van der Waals surface area contributed by atoms with Crippen LogP contribution in [-0.2, 0) is 19.1 Å². The SMILES string of the molecule is CC(=O)O[C@H]1C[C@@H]2CC[C@H]3[C@H](CC[C@@]4(C)[C@H]3C[C@H]([N+]3(C)CCCCC3)[C@@H]4OC(C)=O)[C@@]2(C)C[C@@H]1N1CCCCC1. The molecule has 6 heteroatoms. The zero-order chi connectivity index (χ0) is 28.3. The molecule has 2 saturated heterocycles. The van der Waals surface area contributed by atoms with Crippen LogP contribution in [0.4, 0.5) is 0 Å². The normalized spacial score (nSPS) is 46.9. The van der Waals surface area contributed by atoms with E-state index < -0.39 is 0 Å². The Morgan fingerprint density at radius 2 is 1.48 bits per heavy atom. The minimum Gasteiger partial charge on any atom is -0.461 e. The zero-order valence-electron chi connectivity index (χ0n) is 26.2. The summed E-state index contributed by atoms with van der Waals surface area (Å²) >= 11 is 0. The molecule has 0 spiro atoms. The first-order chi connectivity index (χ1) is 19.0. The average molecular weight is 558 g/mol. The number of likely N-dealkylation sites (N-methyl/N-ethyl adjacent to an activating group) is 1. The van der Waals surface area contributed by atoms with Crippen molar-refractivity contribution in [1.29, 1.82) is 0 Å². The summed E-state index contributed by atoms with van der Waals surface area (Å²) in [4.78, 5) is 27.4. The molecule has 0 aromatic heterocycles. The van der Waals surface area contributed by atoms with E-state index >= 15 is 0 Å². The van der Waals surface area contributed by atoms with Crippen molar-refractivity contribution in [2.75, 3.05) is 33.2 Å². The van der Waals surface area contributed by atoms with Gasteiger partial charge in [-0.3, -0.25) is 14.5 Å². The molecule has 40 heavy (non-hydrogen) atoms. The van der Waals surface area contributed by atoms with E-state index in [0.717, 1.165) is 29.9 Å². The van der Waals surface area contributed by atoms with Gasteiger partial charge in [0.2, 0.25) is 0 Å². The molecule has 0 unspecified atom stereocenters. The maximum absolute atomic E-state index is 12.5. The van der Waals surface area contributed by atoms with Crippen molar-refractivity contribution in [2.45, 2.75) is 135 Å². The van der Waals surface area contributed by atoms with E-state index in [-0.39, 0.29) is 29.6 Å². The van der Waals surface area contributed by atoms with Gasteiger partial charge >= 0.3 is 11.9 Å².